The van der Waals surface area contributed by atoms with Gasteiger partial charge in [0.15, 0.2) is 0 Å². The summed E-state index contributed by atoms with van der Waals surface area (Å²) >= 11 is 0. The molecule has 2 heteroatoms. The Morgan fingerprint density at radius 3 is 1.60 bits per heavy atom. The van der Waals surface area contributed by atoms with Crippen molar-refractivity contribution < 1.29 is 37.7 Å². The van der Waals surface area contributed by atoms with Gasteiger partial charge >= 0.3 is 37.7 Å². The second-order valence-corrected chi connectivity index (χ2v) is 10.7. The summed E-state index contributed by atoms with van der Waals surface area (Å²) in [4.78, 5) is 0. The second-order valence-electron chi connectivity index (χ2n) is 10.7. The molecule has 2 aromatic rings. The van der Waals surface area contributed by atoms with Crippen LogP contribution in [0.2, 0.25) is 0 Å². The van der Waals surface area contributed by atoms with Crippen molar-refractivity contribution in [2.45, 2.75) is 85.5 Å². The molecule has 0 radical (unpaired) electrons. The molecule has 0 saturated carbocycles. The van der Waals surface area contributed by atoms with Crippen LogP contribution in [-0.4, -0.2) is 0 Å². The van der Waals surface area contributed by atoms with Gasteiger partial charge in [0, 0.05) is 0 Å². The van der Waals surface area contributed by atoms with E-state index in [4.69, 9.17) is 0 Å². The average molecular weight is 392 g/mol. The Labute approximate surface area is 211 Å². The number of hydrogen-bond donors (Lipinski definition) is 0. The first-order valence-electron chi connectivity index (χ1n) is 11.1. The largest absolute Gasteiger partial charge is 1.00 e. The quantitative estimate of drug-likeness (QED) is 0.350. The Morgan fingerprint density at radius 1 is 0.667 bits per heavy atom. The van der Waals surface area contributed by atoms with Crippen molar-refractivity contribution in [1.29, 1.82) is 0 Å². The first kappa shape index (κ1) is 29.6. The first-order valence-corrected chi connectivity index (χ1v) is 11.1. The van der Waals surface area contributed by atoms with Crippen LogP contribution in [0.4, 0.5) is 0 Å². The zero-order valence-corrected chi connectivity index (χ0v) is 21.0. The molecule has 0 heterocycles. The zero-order valence-electron chi connectivity index (χ0n) is 21.0. The molecule has 0 aliphatic carbocycles. The number of rotatable bonds is 9. The van der Waals surface area contributed by atoms with Gasteiger partial charge in [0.25, 0.3) is 0 Å². The smallest absolute Gasteiger partial charge is 0.316 e. The van der Waals surface area contributed by atoms with Gasteiger partial charge in [-0.3, -0.25) is 0 Å². The van der Waals surface area contributed by atoms with Crippen molar-refractivity contribution in [1.82, 2.24) is 0 Å². The minimum absolute atomic E-state index is 0. The molecule has 2 rings (SSSR count). The Hall–Kier alpha value is -0.365. The van der Waals surface area contributed by atoms with E-state index in [9.17, 15) is 0 Å². The van der Waals surface area contributed by atoms with Crippen LogP contribution >= 0.6 is 0 Å². The summed E-state index contributed by atoms with van der Waals surface area (Å²) in [5.41, 5.74) is 3.59. The zero-order chi connectivity index (χ0) is 20.6. The van der Waals surface area contributed by atoms with Gasteiger partial charge in [-0.1, -0.05) is 127 Å². The van der Waals surface area contributed by atoms with Crippen molar-refractivity contribution >= 4 is 0 Å². The van der Waals surface area contributed by atoms with Gasteiger partial charge in [-0.05, 0) is 29.7 Å². The molecule has 2 aromatic carbocycles. The molecular weight excluding hydrogens is 350 g/mol. The van der Waals surface area contributed by atoms with Crippen LogP contribution in [0, 0.1) is 17.3 Å². The standard InChI is InChI=1S/C28H41.2Li/c1-27(2,3)21-25(23-15-9-7-10-16-23)19-13-14-20-26(22-28(4,5)6)24-17-11-8-12-18-24;;/h7-12,15-18,21,25-26H,13-14,19-20,22H2,1-6H3;;/q-1;2*+1. The van der Waals surface area contributed by atoms with E-state index < -0.39 is 0 Å². The molecule has 0 N–H and O–H groups in total. The van der Waals surface area contributed by atoms with E-state index >= 15 is 0 Å². The van der Waals surface area contributed by atoms with E-state index in [0.29, 0.717) is 17.3 Å². The molecule has 0 spiro atoms. The normalized spacial score (nSPS) is 13.7. The summed E-state index contributed by atoms with van der Waals surface area (Å²) in [6.45, 7) is 14.1. The third-order valence-electron chi connectivity index (χ3n) is 5.38. The Balaban J connectivity index is 0.00000420. The Bertz CT molecular complexity index is 604. The average Bonchev–Trinajstić information content (AvgIpc) is 2.63. The van der Waals surface area contributed by atoms with Crippen LogP contribution in [0.1, 0.15) is 96.6 Å². The van der Waals surface area contributed by atoms with Crippen LogP contribution in [0.5, 0.6) is 0 Å². The van der Waals surface area contributed by atoms with Crippen molar-refractivity contribution in [3.05, 3.63) is 78.2 Å². The molecule has 0 aliphatic heterocycles. The maximum absolute atomic E-state index is 2.55. The van der Waals surface area contributed by atoms with Crippen molar-refractivity contribution in [3.8, 4) is 0 Å². The van der Waals surface area contributed by atoms with Gasteiger partial charge in [0.05, 0.1) is 0 Å². The van der Waals surface area contributed by atoms with Crippen molar-refractivity contribution in [2.24, 2.45) is 10.8 Å². The van der Waals surface area contributed by atoms with Gasteiger partial charge in [-0.25, -0.2) is 0 Å². The van der Waals surface area contributed by atoms with Gasteiger partial charge in [-0.2, -0.15) is 5.41 Å². The van der Waals surface area contributed by atoms with E-state index in [1.807, 2.05) is 0 Å². The fraction of sp³-hybridized carbons (Fsp3) is 0.536. The SMILES string of the molecule is CC(C)(C)[CH-]C(CCCCC(CC(C)(C)C)c1ccccc1)c1ccccc1.[Li+].[Li+]. The summed E-state index contributed by atoms with van der Waals surface area (Å²) in [5, 5.41) is 0. The Kier molecular flexibility index (Phi) is 13.8. The fourth-order valence-corrected chi connectivity index (χ4v) is 4.26. The maximum atomic E-state index is 2.55. The van der Waals surface area contributed by atoms with Crippen LogP contribution in [0.25, 0.3) is 0 Å². The summed E-state index contributed by atoms with van der Waals surface area (Å²) in [6, 6.07) is 22.2. The summed E-state index contributed by atoms with van der Waals surface area (Å²) in [6.07, 6.45) is 8.94. The number of benzene rings is 2. The van der Waals surface area contributed by atoms with Gasteiger partial charge in [0.2, 0.25) is 0 Å². The van der Waals surface area contributed by atoms with Gasteiger partial charge < -0.3 is 6.42 Å². The van der Waals surface area contributed by atoms with Gasteiger partial charge in [0.1, 0.15) is 0 Å². The number of hydrogen-bond acceptors (Lipinski definition) is 0. The summed E-state index contributed by atoms with van der Waals surface area (Å²) in [5.74, 6) is 1.22. The number of unbranched alkanes of at least 4 members (excludes halogenated alkanes) is 1. The van der Waals surface area contributed by atoms with E-state index in [2.05, 4.69) is 109 Å². The molecule has 2 unspecified atom stereocenters. The fourth-order valence-electron chi connectivity index (χ4n) is 4.26. The van der Waals surface area contributed by atoms with Crippen molar-refractivity contribution in [2.75, 3.05) is 0 Å². The molecule has 0 saturated heterocycles. The molecule has 0 aliphatic rings. The molecule has 0 amide bonds. The molecular formula is C28H41Li2+. The molecule has 2 atom stereocenters. The van der Waals surface area contributed by atoms with Crippen molar-refractivity contribution in [3.63, 3.8) is 0 Å². The Morgan fingerprint density at radius 2 is 1.13 bits per heavy atom. The monoisotopic (exact) mass is 391 g/mol. The summed E-state index contributed by atoms with van der Waals surface area (Å²) < 4.78 is 0. The van der Waals surface area contributed by atoms with Crippen LogP contribution in [-0.2, 0) is 0 Å². The van der Waals surface area contributed by atoms with Crippen LogP contribution in [0.3, 0.4) is 0 Å². The molecule has 0 fully saturated rings. The molecule has 0 aromatic heterocycles. The van der Waals surface area contributed by atoms with Gasteiger partial charge in [-0.15, -0.1) is 5.92 Å². The second kappa shape index (κ2) is 13.9. The predicted molar refractivity (Wildman–Crippen MR) is 125 cm³/mol. The minimum Gasteiger partial charge on any atom is -0.316 e. The molecule has 154 valence electrons. The first-order chi connectivity index (χ1) is 13.1. The van der Waals surface area contributed by atoms with E-state index in [1.54, 1.807) is 0 Å². The van der Waals surface area contributed by atoms with Crippen LogP contribution < -0.4 is 37.7 Å². The van der Waals surface area contributed by atoms with E-state index in [-0.39, 0.29) is 43.1 Å². The minimum atomic E-state index is 0. The third kappa shape index (κ3) is 11.9. The van der Waals surface area contributed by atoms with E-state index in [1.165, 1.54) is 43.2 Å². The topological polar surface area (TPSA) is 0 Å². The molecule has 0 bridgehead atoms. The van der Waals surface area contributed by atoms with Crippen LogP contribution in [0.15, 0.2) is 60.7 Å². The summed E-state index contributed by atoms with van der Waals surface area (Å²) in [7, 11) is 0. The molecule has 0 nitrogen and oxygen atoms in total. The molecule has 30 heavy (non-hydrogen) atoms. The maximum Gasteiger partial charge on any atom is 1.00 e. The van der Waals surface area contributed by atoms with E-state index in [0.717, 1.165) is 0 Å². The third-order valence-corrected chi connectivity index (χ3v) is 5.38. The predicted octanol–water partition coefficient (Wildman–Crippen LogP) is 2.81.